The van der Waals surface area contributed by atoms with Gasteiger partial charge in [-0.1, -0.05) is 13.0 Å². The number of nitrogens with zero attached hydrogens (tertiary/aromatic N) is 8. The van der Waals surface area contributed by atoms with Gasteiger partial charge in [-0.2, -0.15) is 27.0 Å². The maximum atomic E-state index is 14.0. The molecule has 0 unspecified atom stereocenters. The van der Waals surface area contributed by atoms with Crippen molar-refractivity contribution in [1.82, 2.24) is 39.3 Å². The highest BCUT2D eigenvalue weighted by Crippen LogP contribution is 2.31. The average Bonchev–Trinajstić information content (AvgIpc) is 3.53. The lowest BCUT2D eigenvalue weighted by Crippen LogP contribution is -2.45. The maximum absolute atomic E-state index is 14.0. The van der Waals surface area contributed by atoms with Crippen molar-refractivity contribution in [3.63, 3.8) is 0 Å². The van der Waals surface area contributed by atoms with E-state index in [4.69, 9.17) is 9.97 Å². The number of rotatable bonds is 6. The molecule has 0 N–H and O–H groups in total. The van der Waals surface area contributed by atoms with Crippen molar-refractivity contribution in [2.75, 3.05) is 19.6 Å². The molecule has 2 saturated heterocycles. The highest BCUT2D eigenvalue weighted by molar-refractivity contribution is 7.59. The van der Waals surface area contributed by atoms with Gasteiger partial charge in [-0.25, -0.2) is 19.3 Å². The molecule has 2 aliphatic rings. The monoisotopic (exact) mass is 540 g/mol. The van der Waals surface area contributed by atoms with E-state index in [0.29, 0.717) is 41.4 Å². The van der Waals surface area contributed by atoms with Gasteiger partial charge in [0.25, 0.3) is 0 Å². The van der Waals surface area contributed by atoms with Crippen molar-refractivity contribution in [3.05, 3.63) is 65.4 Å². The molecule has 0 amide bonds. The minimum absolute atomic E-state index is 0. The predicted octanol–water partition coefficient (Wildman–Crippen LogP) is 3.59. The van der Waals surface area contributed by atoms with Crippen LogP contribution < -0.4 is 0 Å². The van der Waals surface area contributed by atoms with E-state index in [0.717, 1.165) is 42.2 Å². The molecule has 2 aliphatic heterocycles. The van der Waals surface area contributed by atoms with Crippen LogP contribution in [-0.4, -0.2) is 71.0 Å². The molecular formula is C26H33FN8S2. The molecule has 0 spiro atoms. The van der Waals surface area contributed by atoms with E-state index >= 15 is 0 Å². The number of likely N-dealkylation sites (N-methyl/N-ethyl adjacent to an activating group) is 1. The van der Waals surface area contributed by atoms with Crippen LogP contribution in [0.15, 0.2) is 36.8 Å². The summed E-state index contributed by atoms with van der Waals surface area (Å²) < 4.78 is 16.0. The first-order chi connectivity index (χ1) is 17.0. The van der Waals surface area contributed by atoms with E-state index in [2.05, 4.69) is 43.8 Å². The summed E-state index contributed by atoms with van der Waals surface area (Å²) in [5.41, 5.74) is 4.97. The molecule has 4 aromatic rings. The minimum atomic E-state index is -0.399. The van der Waals surface area contributed by atoms with Gasteiger partial charge < -0.3 is 4.57 Å². The number of piperazine rings is 1. The van der Waals surface area contributed by atoms with E-state index in [1.54, 1.807) is 6.20 Å². The fourth-order valence-corrected chi connectivity index (χ4v) is 5.62. The summed E-state index contributed by atoms with van der Waals surface area (Å²) in [6.07, 6.45) is 6.03. The first kappa shape index (κ1) is 27.4. The summed E-state index contributed by atoms with van der Waals surface area (Å²) in [5, 5.41) is 0. The highest BCUT2D eigenvalue weighted by Gasteiger charge is 2.42. The lowest BCUT2D eigenvalue weighted by Gasteiger charge is -2.33. The first-order valence-corrected chi connectivity index (χ1v) is 12.2. The van der Waals surface area contributed by atoms with E-state index in [-0.39, 0.29) is 27.0 Å². The number of hydrogen-bond donors (Lipinski definition) is 0. The van der Waals surface area contributed by atoms with Crippen LogP contribution in [0.4, 0.5) is 4.39 Å². The zero-order valence-corrected chi connectivity index (χ0v) is 23.3. The topological polar surface area (TPSA) is 75.9 Å². The van der Waals surface area contributed by atoms with Gasteiger partial charge in [-0.3, -0.25) is 19.8 Å². The zero-order valence-electron chi connectivity index (χ0n) is 21.3. The smallest absolute Gasteiger partial charge is 0.164 e. The summed E-state index contributed by atoms with van der Waals surface area (Å²) in [5.74, 6) is 0.895. The van der Waals surface area contributed by atoms with Crippen molar-refractivity contribution >= 4 is 38.2 Å². The SMILES string of the molecule is CCN1C[C@@H]2C[C@H]1CN2Cc1ccc(Cn2c(-c3cncc(F)c3)nc3c(C)nc(C)nc32)cn1.S.S. The molecule has 37 heavy (non-hydrogen) atoms. The fourth-order valence-electron chi connectivity index (χ4n) is 5.62. The van der Waals surface area contributed by atoms with Gasteiger partial charge in [0.2, 0.25) is 0 Å². The second-order valence-corrected chi connectivity index (χ2v) is 9.66. The predicted molar refractivity (Wildman–Crippen MR) is 152 cm³/mol. The largest absolute Gasteiger partial charge is 0.304 e. The molecule has 4 aromatic heterocycles. The molecule has 0 radical (unpaired) electrons. The van der Waals surface area contributed by atoms with Crippen LogP contribution in [0, 0.1) is 19.7 Å². The molecule has 0 saturated carbocycles. The Morgan fingerprint density at radius 1 is 0.946 bits per heavy atom. The molecule has 196 valence electrons. The van der Waals surface area contributed by atoms with Gasteiger partial charge in [0, 0.05) is 49.7 Å². The molecule has 2 atom stereocenters. The number of aryl methyl sites for hydroxylation is 2. The van der Waals surface area contributed by atoms with Gasteiger partial charge in [0.1, 0.15) is 23.0 Å². The van der Waals surface area contributed by atoms with Crippen molar-refractivity contribution in [2.45, 2.75) is 52.4 Å². The molecule has 0 aromatic carbocycles. The van der Waals surface area contributed by atoms with Gasteiger partial charge in [-0.15, -0.1) is 0 Å². The summed E-state index contributed by atoms with van der Waals surface area (Å²) in [6.45, 7) is 10.9. The number of likely N-dealkylation sites (tertiary alicyclic amines) is 2. The highest BCUT2D eigenvalue weighted by atomic mass is 32.1. The van der Waals surface area contributed by atoms with Crippen molar-refractivity contribution in [1.29, 1.82) is 0 Å². The molecule has 8 nitrogen and oxygen atoms in total. The standard InChI is InChI=1S/C26H29FN8.2H2S/c1-4-33-14-23-8-22(33)15-34(23)13-21-6-5-18(9-29-21)12-35-25(19-7-20(27)11-28-10-19)32-24-16(2)30-17(3)31-26(24)35;;/h5-7,9-11,22-23H,4,8,12-15H2,1-3H3;2*1H2/t22-,23-;;/m0../s1. The van der Waals surface area contributed by atoms with Crippen molar-refractivity contribution in [3.8, 4) is 11.4 Å². The zero-order chi connectivity index (χ0) is 24.1. The molecule has 2 bridgehead atoms. The molecule has 6 rings (SSSR count). The summed E-state index contributed by atoms with van der Waals surface area (Å²) in [6, 6.07) is 7.03. The van der Waals surface area contributed by atoms with Gasteiger partial charge in [0.05, 0.1) is 24.1 Å². The number of aromatic nitrogens is 6. The Morgan fingerprint density at radius 2 is 1.73 bits per heavy atom. The second kappa shape index (κ2) is 11.0. The van der Waals surface area contributed by atoms with E-state index < -0.39 is 5.82 Å². The average molecular weight is 541 g/mol. The lowest BCUT2D eigenvalue weighted by atomic mass is 10.2. The quantitative estimate of drug-likeness (QED) is 0.370. The third kappa shape index (κ3) is 5.22. The third-order valence-electron chi connectivity index (χ3n) is 7.31. The van der Waals surface area contributed by atoms with Gasteiger partial charge in [0.15, 0.2) is 5.65 Å². The Bertz CT molecular complexity index is 1390. The van der Waals surface area contributed by atoms with Crippen LogP contribution >= 0.6 is 27.0 Å². The maximum Gasteiger partial charge on any atom is 0.164 e. The number of halogens is 1. The van der Waals surface area contributed by atoms with Crippen LogP contribution in [0.1, 0.15) is 36.1 Å². The normalized spacial score (nSPS) is 19.2. The first-order valence-electron chi connectivity index (χ1n) is 12.2. The Kier molecular flexibility index (Phi) is 8.17. The molecular weight excluding hydrogens is 507 g/mol. The number of fused-ring (bicyclic) bond motifs is 3. The van der Waals surface area contributed by atoms with E-state index in [1.807, 2.05) is 24.6 Å². The Hall–Kier alpha value is -2.60. The van der Waals surface area contributed by atoms with Crippen molar-refractivity contribution in [2.24, 2.45) is 0 Å². The Balaban J connectivity index is 0.00000160. The lowest BCUT2D eigenvalue weighted by molar-refractivity contribution is 0.126. The number of pyridine rings is 2. The third-order valence-corrected chi connectivity index (χ3v) is 7.31. The van der Waals surface area contributed by atoms with Gasteiger partial charge >= 0.3 is 0 Å². The number of hydrogen-bond acceptors (Lipinski definition) is 7. The van der Waals surface area contributed by atoms with Gasteiger partial charge in [-0.05, 0) is 44.5 Å². The van der Waals surface area contributed by atoms with Crippen LogP contribution in [0.25, 0.3) is 22.6 Å². The van der Waals surface area contributed by atoms with Crippen LogP contribution in [0.2, 0.25) is 0 Å². The fraction of sp³-hybridized carbons (Fsp3) is 0.423. The Morgan fingerprint density at radius 3 is 2.41 bits per heavy atom. The molecule has 11 heteroatoms. The molecule has 0 aliphatic carbocycles. The Labute approximate surface area is 230 Å². The van der Waals surface area contributed by atoms with Crippen LogP contribution in [-0.2, 0) is 13.1 Å². The van der Waals surface area contributed by atoms with Crippen LogP contribution in [0.3, 0.4) is 0 Å². The van der Waals surface area contributed by atoms with Crippen molar-refractivity contribution < 1.29 is 4.39 Å². The second-order valence-electron chi connectivity index (χ2n) is 9.66. The summed E-state index contributed by atoms with van der Waals surface area (Å²) >= 11 is 0. The number of imidazole rings is 1. The molecule has 2 fully saturated rings. The minimum Gasteiger partial charge on any atom is -0.304 e. The molecule has 6 heterocycles. The van der Waals surface area contributed by atoms with Crippen LogP contribution in [0.5, 0.6) is 0 Å². The van der Waals surface area contributed by atoms with E-state index in [9.17, 15) is 4.39 Å². The van der Waals surface area contributed by atoms with E-state index in [1.165, 1.54) is 25.2 Å². The summed E-state index contributed by atoms with van der Waals surface area (Å²) in [7, 11) is 0. The summed E-state index contributed by atoms with van der Waals surface area (Å²) in [4.78, 5) is 27.9.